The number of carbonyl (C=O) groups is 1. The maximum Gasteiger partial charge on any atom is 0.242 e. The lowest BCUT2D eigenvalue weighted by Gasteiger charge is -2.25. The second-order valence-electron chi connectivity index (χ2n) is 5.00. The molecule has 2 aromatic carbocycles. The van der Waals surface area contributed by atoms with Crippen molar-refractivity contribution < 1.29 is 13.9 Å². The molecule has 0 heterocycles. The monoisotopic (exact) mass is 316 g/mol. The number of rotatable bonds is 7. The minimum Gasteiger partial charge on any atom is -0.325 e. The van der Waals surface area contributed by atoms with E-state index in [1.807, 2.05) is 43.3 Å². The number of hydrogen-bond donors (Lipinski definition) is 0. The third-order valence-corrected chi connectivity index (χ3v) is 6.67. The molecular weight excluding hydrogens is 295 g/mol. The summed E-state index contributed by atoms with van der Waals surface area (Å²) in [5.74, 6) is -0.122. The molecule has 0 aliphatic heterocycles. The first kappa shape index (κ1) is 16.7. The van der Waals surface area contributed by atoms with Gasteiger partial charge in [0.25, 0.3) is 0 Å². The van der Waals surface area contributed by atoms with Crippen LogP contribution in [0, 0.1) is 0 Å². The highest BCUT2D eigenvalue weighted by atomic mass is 31.2. The zero-order valence-electron chi connectivity index (χ0n) is 12.9. The van der Waals surface area contributed by atoms with Crippen LogP contribution in [0.2, 0.25) is 0 Å². The molecule has 3 nitrogen and oxygen atoms in total. The molecule has 0 spiro atoms. The predicted octanol–water partition coefficient (Wildman–Crippen LogP) is 4.29. The van der Waals surface area contributed by atoms with Crippen LogP contribution in [0.15, 0.2) is 60.7 Å². The molecule has 0 aliphatic carbocycles. The van der Waals surface area contributed by atoms with Gasteiger partial charge in [-0.05, 0) is 25.5 Å². The molecule has 0 bridgehead atoms. The van der Waals surface area contributed by atoms with Crippen molar-refractivity contribution in [1.29, 1.82) is 0 Å². The van der Waals surface area contributed by atoms with Crippen LogP contribution in [0.25, 0.3) is 0 Å². The summed E-state index contributed by atoms with van der Waals surface area (Å²) in [6, 6.07) is 18.0. The number of ketones is 1. The van der Waals surface area contributed by atoms with Crippen molar-refractivity contribution in [3.05, 3.63) is 66.2 Å². The highest BCUT2D eigenvalue weighted by Crippen LogP contribution is 2.53. The summed E-state index contributed by atoms with van der Waals surface area (Å²) >= 11 is 0. The molecular formula is C18H21O3P. The summed E-state index contributed by atoms with van der Waals surface area (Å²) in [4.78, 5) is 12.8. The molecule has 0 amide bonds. The number of carbonyl (C=O) groups excluding carboxylic acids is 1. The minimum atomic E-state index is -3.25. The number of benzene rings is 2. The third-order valence-electron chi connectivity index (χ3n) is 3.59. The van der Waals surface area contributed by atoms with Crippen molar-refractivity contribution in [1.82, 2.24) is 0 Å². The predicted molar refractivity (Wildman–Crippen MR) is 90.2 cm³/mol. The standard InChI is InChI=1S/C18H21O3P/c1-3-17(18(19)15-11-7-5-8-12-15)22(20,21-4-2)16-13-9-6-10-14-16/h5-14,17H,3-4H2,1-2H3/t17-,22+/m1/s1. The Morgan fingerprint density at radius 3 is 2.05 bits per heavy atom. The summed E-state index contributed by atoms with van der Waals surface area (Å²) in [6.45, 7) is 3.99. The van der Waals surface area contributed by atoms with E-state index >= 15 is 0 Å². The molecule has 2 atom stereocenters. The minimum absolute atomic E-state index is 0.122. The smallest absolute Gasteiger partial charge is 0.242 e. The Labute approximate surface area is 131 Å². The van der Waals surface area contributed by atoms with E-state index in [4.69, 9.17) is 4.52 Å². The van der Waals surface area contributed by atoms with Gasteiger partial charge in [0, 0.05) is 10.9 Å². The van der Waals surface area contributed by atoms with E-state index in [2.05, 4.69) is 0 Å². The van der Waals surface area contributed by atoms with Gasteiger partial charge in [-0.15, -0.1) is 0 Å². The molecule has 0 unspecified atom stereocenters. The van der Waals surface area contributed by atoms with Gasteiger partial charge in [0.1, 0.15) is 5.66 Å². The van der Waals surface area contributed by atoms with Crippen molar-refractivity contribution in [2.45, 2.75) is 25.9 Å². The first-order chi connectivity index (χ1) is 10.6. The number of hydrogen-bond acceptors (Lipinski definition) is 3. The lowest BCUT2D eigenvalue weighted by molar-refractivity contribution is 0.0980. The van der Waals surface area contributed by atoms with E-state index in [-0.39, 0.29) is 5.78 Å². The van der Waals surface area contributed by atoms with Gasteiger partial charge in [0.2, 0.25) is 7.37 Å². The molecule has 22 heavy (non-hydrogen) atoms. The average molecular weight is 316 g/mol. The van der Waals surface area contributed by atoms with Crippen LogP contribution in [-0.2, 0) is 9.09 Å². The Kier molecular flexibility index (Phi) is 5.70. The summed E-state index contributed by atoms with van der Waals surface area (Å²) in [5, 5.41) is 0.605. The first-order valence-electron chi connectivity index (χ1n) is 7.52. The van der Waals surface area contributed by atoms with Gasteiger partial charge < -0.3 is 4.52 Å². The maximum absolute atomic E-state index is 13.5. The topological polar surface area (TPSA) is 43.4 Å². The zero-order chi connectivity index (χ0) is 16.0. The molecule has 0 aromatic heterocycles. The van der Waals surface area contributed by atoms with E-state index in [1.54, 1.807) is 31.2 Å². The van der Waals surface area contributed by atoms with Crippen molar-refractivity contribution in [2.75, 3.05) is 6.61 Å². The second-order valence-corrected chi connectivity index (χ2v) is 7.60. The van der Waals surface area contributed by atoms with Crippen LogP contribution in [0.1, 0.15) is 30.6 Å². The third kappa shape index (κ3) is 3.37. The van der Waals surface area contributed by atoms with E-state index in [9.17, 15) is 9.36 Å². The van der Waals surface area contributed by atoms with Crippen molar-refractivity contribution in [3.63, 3.8) is 0 Å². The maximum atomic E-state index is 13.5. The van der Waals surface area contributed by atoms with Crippen LogP contribution in [-0.4, -0.2) is 18.0 Å². The van der Waals surface area contributed by atoms with Crippen LogP contribution < -0.4 is 5.30 Å². The summed E-state index contributed by atoms with van der Waals surface area (Å²) in [6.07, 6.45) is 0.472. The Bertz CT molecular complexity index is 653. The van der Waals surface area contributed by atoms with Crippen LogP contribution in [0.4, 0.5) is 0 Å². The molecule has 2 aromatic rings. The largest absolute Gasteiger partial charge is 0.325 e. The van der Waals surface area contributed by atoms with Crippen molar-refractivity contribution in [2.24, 2.45) is 0 Å². The molecule has 2 rings (SSSR count). The van der Waals surface area contributed by atoms with Crippen LogP contribution in [0.5, 0.6) is 0 Å². The summed E-state index contributed by atoms with van der Waals surface area (Å²) in [5.41, 5.74) is -0.0811. The Morgan fingerprint density at radius 1 is 1.00 bits per heavy atom. The van der Waals surface area contributed by atoms with E-state index < -0.39 is 13.0 Å². The zero-order valence-corrected chi connectivity index (χ0v) is 13.8. The lowest BCUT2D eigenvalue weighted by Crippen LogP contribution is -2.27. The Morgan fingerprint density at radius 2 is 1.55 bits per heavy atom. The second kappa shape index (κ2) is 7.53. The van der Waals surface area contributed by atoms with E-state index in [1.165, 1.54) is 0 Å². The van der Waals surface area contributed by atoms with Gasteiger partial charge in [-0.3, -0.25) is 9.36 Å². The molecule has 0 saturated heterocycles. The van der Waals surface area contributed by atoms with Crippen molar-refractivity contribution in [3.8, 4) is 0 Å². The molecule has 116 valence electrons. The quantitative estimate of drug-likeness (QED) is 0.565. The van der Waals surface area contributed by atoms with E-state index in [0.717, 1.165) is 0 Å². The summed E-state index contributed by atoms with van der Waals surface area (Å²) in [7, 11) is -3.25. The average Bonchev–Trinajstić information content (AvgIpc) is 2.57. The normalized spacial score (nSPS) is 15.0. The SMILES string of the molecule is CCO[P@@](=O)(c1ccccc1)[C@H](CC)C(=O)c1ccccc1. The highest BCUT2D eigenvalue weighted by molar-refractivity contribution is 7.68. The van der Waals surface area contributed by atoms with Crippen molar-refractivity contribution >= 4 is 18.5 Å². The van der Waals surface area contributed by atoms with Crippen LogP contribution >= 0.6 is 7.37 Å². The van der Waals surface area contributed by atoms with Gasteiger partial charge >= 0.3 is 0 Å². The molecule has 0 saturated carbocycles. The van der Waals surface area contributed by atoms with Gasteiger partial charge in [-0.1, -0.05) is 55.5 Å². The van der Waals surface area contributed by atoms with Gasteiger partial charge in [0.15, 0.2) is 5.78 Å². The molecule has 0 fully saturated rings. The molecule has 0 N–H and O–H groups in total. The Hall–Kier alpha value is -1.70. The fourth-order valence-electron chi connectivity index (χ4n) is 2.55. The van der Waals surface area contributed by atoms with Gasteiger partial charge in [0.05, 0.1) is 6.61 Å². The molecule has 0 aliphatic rings. The van der Waals surface area contributed by atoms with E-state index in [0.29, 0.717) is 23.9 Å². The highest BCUT2D eigenvalue weighted by Gasteiger charge is 2.39. The lowest BCUT2D eigenvalue weighted by atomic mass is 10.1. The van der Waals surface area contributed by atoms with Crippen LogP contribution in [0.3, 0.4) is 0 Å². The number of Topliss-reactive ketones (excluding diaryl/α,β-unsaturated/α-hetero) is 1. The molecule has 0 radical (unpaired) electrons. The van der Waals surface area contributed by atoms with Gasteiger partial charge in [-0.2, -0.15) is 0 Å². The first-order valence-corrected chi connectivity index (χ1v) is 9.22. The fraction of sp³-hybridized carbons (Fsp3) is 0.278. The fourth-order valence-corrected chi connectivity index (χ4v) is 5.15. The summed E-state index contributed by atoms with van der Waals surface area (Å²) < 4.78 is 19.2. The molecule has 4 heteroatoms. The van der Waals surface area contributed by atoms with Gasteiger partial charge in [-0.25, -0.2) is 0 Å². The Balaban J connectivity index is 2.45.